The van der Waals surface area contributed by atoms with Crippen molar-refractivity contribution in [3.8, 4) is 5.75 Å². The van der Waals surface area contributed by atoms with Crippen LogP contribution in [0.25, 0.3) is 0 Å². The molecule has 3 rings (SSSR count). The summed E-state index contributed by atoms with van der Waals surface area (Å²) in [5.41, 5.74) is 1.32. The molecule has 6 nitrogen and oxygen atoms in total. The van der Waals surface area contributed by atoms with Crippen LogP contribution < -0.4 is 9.04 Å². The maximum atomic E-state index is 13.4. The van der Waals surface area contributed by atoms with Gasteiger partial charge >= 0.3 is 0 Å². The molecule has 164 valence electrons. The van der Waals surface area contributed by atoms with Gasteiger partial charge < -0.3 is 9.64 Å². The molecule has 0 fully saturated rings. The van der Waals surface area contributed by atoms with Gasteiger partial charge in [-0.05, 0) is 55.5 Å². The smallest absolute Gasteiger partial charge is 0.264 e. The molecule has 2 aromatic carbocycles. The van der Waals surface area contributed by atoms with Crippen molar-refractivity contribution in [2.24, 2.45) is 0 Å². The number of carbonyl (C=O) groups excluding carboxylic acids is 1. The Kier molecular flexibility index (Phi) is 7.25. The van der Waals surface area contributed by atoms with Crippen LogP contribution in [0.3, 0.4) is 0 Å². The van der Waals surface area contributed by atoms with Gasteiger partial charge in [-0.2, -0.15) is 0 Å². The monoisotopic (exact) mass is 478 g/mol. The van der Waals surface area contributed by atoms with Crippen molar-refractivity contribution in [1.29, 1.82) is 0 Å². The second kappa shape index (κ2) is 9.72. The molecule has 1 amide bonds. The molecule has 31 heavy (non-hydrogen) atoms. The summed E-state index contributed by atoms with van der Waals surface area (Å²) in [7, 11) is -0.789. The van der Waals surface area contributed by atoms with E-state index in [4.69, 9.17) is 16.3 Å². The number of halogens is 1. The summed E-state index contributed by atoms with van der Waals surface area (Å²) < 4.78 is 33.8. The molecule has 9 heteroatoms. The molecule has 0 aliphatic rings. The predicted octanol–water partition coefficient (Wildman–Crippen LogP) is 4.57. The summed E-state index contributed by atoms with van der Waals surface area (Å²) in [6.45, 7) is 1.89. The molecule has 0 saturated heterocycles. The topological polar surface area (TPSA) is 66.9 Å². The van der Waals surface area contributed by atoms with E-state index in [-0.39, 0.29) is 17.3 Å². The minimum Gasteiger partial charge on any atom is -0.497 e. The van der Waals surface area contributed by atoms with Gasteiger partial charge in [0.2, 0.25) is 5.91 Å². The number of anilines is 1. The number of benzene rings is 2. The Hall–Kier alpha value is -2.55. The number of carbonyl (C=O) groups is 1. The van der Waals surface area contributed by atoms with E-state index in [0.29, 0.717) is 22.3 Å². The third kappa shape index (κ3) is 5.58. The minimum absolute atomic E-state index is 0.120. The molecule has 0 aliphatic carbocycles. The lowest BCUT2D eigenvalue weighted by molar-refractivity contribution is -0.128. The number of nitrogens with zero attached hydrogens (tertiary/aromatic N) is 2. The lowest BCUT2D eigenvalue weighted by atomic mass is 10.2. The Morgan fingerprint density at radius 2 is 1.68 bits per heavy atom. The molecule has 1 heterocycles. The van der Waals surface area contributed by atoms with E-state index < -0.39 is 10.0 Å². The van der Waals surface area contributed by atoms with Crippen molar-refractivity contribution in [2.75, 3.05) is 25.0 Å². The van der Waals surface area contributed by atoms with Crippen molar-refractivity contribution >= 4 is 44.6 Å². The Bertz CT molecular complexity index is 1140. The van der Waals surface area contributed by atoms with Gasteiger partial charge in [-0.15, -0.1) is 11.3 Å². The molecule has 3 aromatic rings. The SMILES string of the molecule is COc1ccc(N(CC(=O)N(C)Cc2ccc(Cl)s2)S(=O)(=O)c2ccc(C)cc2)cc1. The van der Waals surface area contributed by atoms with Crippen LogP contribution in [0.5, 0.6) is 5.75 Å². The molecule has 0 aliphatic heterocycles. The van der Waals surface area contributed by atoms with Crippen LogP contribution in [0.15, 0.2) is 65.6 Å². The summed E-state index contributed by atoms with van der Waals surface area (Å²) >= 11 is 7.35. The summed E-state index contributed by atoms with van der Waals surface area (Å²) in [4.78, 5) is 15.5. The number of likely N-dealkylation sites (N-methyl/N-ethyl adjacent to an activating group) is 1. The zero-order valence-electron chi connectivity index (χ0n) is 17.4. The molecule has 0 spiro atoms. The number of amides is 1. The Balaban J connectivity index is 1.91. The molecule has 1 aromatic heterocycles. The predicted molar refractivity (Wildman–Crippen MR) is 125 cm³/mol. The van der Waals surface area contributed by atoms with E-state index in [1.807, 2.05) is 13.0 Å². The van der Waals surface area contributed by atoms with Crippen LogP contribution in [0, 0.1) is 6.92 Å². The van der Waals surface area contributed by atoms with Crippen LogP contribution >= 0.6 is 22.9 Å². The number of hydrogen-bond donors (Lipinski definition) is 0. The van der Waals surface area contributed by atoms with Crippen LogP contribution in [-0.2, 0) is 21.4 Å². The fourth-order valence-corrected chi connectivity index (χ4v) is 5.46. The standard InChI is InChI=1S/C22H23ClN2O4S2/c1-16-4-11-20(12-5-16)31(27,28)25(17-6-8-18(29-3)9-7-17)15-22(26)24(2)14-19-10-13-21(23)30-19/h4-13H,14-15H2,1-3H3. The molecular weight excluding hydrogens is 456 g/mol. The van der Waals surface area contributed by atoms with E-state index in [2.05, 4.69) is 0 Å². The Morgan fingerprint density at radius 3 is 2.23 bits per heavy atom. The highest BCUT2D eigenvalue weighted by molar-refractivity contribution is 7.92. The fraction of sp³-hybridized carbons (Fsp3) is 0.227. The van der Waals surface area contributed by atoms with E-state index in [1.165, 1.54) is 23.3 Å². The van der Waals surface area contributed by atoms with Gasteiger partial charge in [0, 0.05) is 11.9 Å². The van der Waals surface area contributed by atoms with Gasteiger partial charge in [0.05, 0.1) is 28.6 Å². The summed E-state index contributed by atoms with van der Waals surface area (Å²) in [5.74, 6) is 0.255. The molecule has 0 radical (unpaired) electrons. The van der Waals surface area contributed by atoms with Crippen molar-refractivity contribution < 1.29 is 17.9 Å². The van der Waals surface area contributed by atoms with Gasteiger partial charge in [0.1, 0.15) is 12.3 Å². The van der Waals surface area contributed by atoms with E-state index >= 15 is 0 Å². The molecular formula is C22H23ClN2O4S2. The molecule has 0 saturated carbocycles. The quantitative estimate of drug-likeness (QED) is 0.475. The molecule has 0 atom stereocenters. The van der Waals surface area contributed by atoms with Crippen molar-refractivity contribution in [3.05, 3.63) is 75.4 Å². The largest absolute Gasteiger partial charge is 0.497 e. The van der Waals surface area contributed by atoms with Gasteiger partial charge in [0.15, 0.2) is 0 Å². The Labute approximate surface area is 191 Å². The molecule has 0 unspecified atom stereocenters. The van der Waals surface area contributed by atoms with E-state index in [1.54, 1.807) is 61.6 Å². The van der Waals surface area contributed by atoms with Crippen molar-refractivity contribution in [3.63, 3.8) is 0 Å². The zero-order chi connectivity index (χ0) is 22.6. The normalized spacial score (nSPS) is 11.2. The first-order chi connectivity index (χ1) is 14.7. The summed E-state index contributed by atoms with van der Waals surface area (Å²) in [6.07, 6.45) is 0. The van der Waals surface area contributed by atoms with Crippen LogP contribution in [0.4, 0.5) is 5.69 Å². The number of thiophene rings is 1. The van der Waals surface area contributed by atoms with Crippen LogP contribution in [0.2, 0.25) is 4.34 Å². The highest BCUT2D eigenvalue weighted by Gasteiger charge is 2.28. The van der Waals surface area contributed by atoms with Crippen molar-refractivity contribution in [2.45, 2.75) is 18.4 Å². The average molecular weight is 479 g/mol. The van der Waals surface area contributed by atoms with Gasteiger partial charge in [-0.1, -0.05) is 29.3 Å². The first-order valence-electron chi connectivity index (χ1n) is 9.42. The van der Waals surface area contributed by atoms with Crippen LogP contribution in [0.1, 0.15) is 10.4 Å². The first-order valence-corrected chi connectivity index (χ1v) is 12.1. The maximum Gasteiger partial charge on any atom is 0.264 e. The number of aryl methyl sites for hydroxylation is 1. The third-order valence-corrected chi connectivity index (χ3v) is 7.70. The van der Waals surface area contributed by atoms with Gasteiger partial charge in [-0.25, -0.2) is 8.42 Å². The Morgan fingerprint density at radius 1 is 1.03 bits per heavy atom. The minimum atomic E-state index is -3.96. The van der Waals surface area contributed by atoms with E-state index in [9.17, 15) is 13.2 Å². The lowest BCUT2D eigenvalue weighted by Gasteiger charge is -2.26. The van der Waals surface area contributed by atoms with Crippen molar-refractivity contribution in [1.82, 2.24) is 4.90 Å². The second-order valence-corrected chi connectivity index (χ2v) is 10.6. The maximum absolute atomic E-state index is 13.4. The zero-order valence-corrected chi connectivity index (χ0v) is 19.8. The second-order valence-electron chi connectivity index (χ2n) is 6.98. The first kappa shape index (κ1) is 23.1. The fourth-order valence-electron chi connectivity index (χ4n) is 2.90. The number of methoxy groups -OCH3 is 1. The van der Waals surface area contributed by atoms with Gasteiger partial charge in [-0.3, -0.25) is 9.10 Å². The van der Waals surface area contributed by atoms with Gasteiger partial charge in [0.25, 0.3) is 10.0 Å². The highest BCUT2D eigenvalue weighted by atomic mass is 35.5. The average Bonchev–Trinajstić information content (AvgIpc) is 3.16. The third-order valence-electron chi connectivity index (χ3n) is 4.70. The molecule has 0 bridgehead atoms. The number of rotatable bonds is 8. The van der Waals surface area contributed by atoms with E-state index in [0.717, 1.165) is 14.7 Å². The highest BCUT2D eigenvalue weighted by Crippen LogP contribution is 2.27. The summed E-state index contributed by atoms with van der Waals surface area (Å²) in [6, 6.07) is 16.7. The number of sulfonamides is 1. The molecule has 0 N–H and O–H groups in total. The lowest BCUT2D eigenvalue weighted by Crippen LogP contribution is -2.41. The van der Waals surface area contributed by atoms with Crippen LogP contribution in [-0.4, -0.2) is 39.9 Å². The number of hydrogen-bond acceptors (Lipinski definition) is 5. The number of ether oxygens (including phenoxy) is 1. The summed E-state index contributed by atoms with van der Waals surface area (Å²) in [5, 5.41) is 0.